The van der Waals surface area contributed by atoms with Crippen LogP contribution in [0.15, 0.2) is 36.4 Å². The standard InChI is InChI=1S/C20H21F4N3O3/c1-29-13-6-7-16(17(12-13)30-2)26-8-10-27(11-9-26)19(28)25-18-14(20(22,23)24)4-3-5-15(18)21/h3-7,12H,8-11H2,1-2H3,(H,25,28). The molecule has 30 heavy (non-hydrogen) atoms. The first kappa shape index (κ1) is 21.5. The zero-order chi connectivity index (χ0) is 21.9. The van der Waals surface area contributed by atoms with Gasteiger partial charge >= 0.3 is 12.2 Å². The minimum Gasteiger partial charge on any atom is -0.497 e. The Kier molecular flexibility index (Phi) is 6.23. The molecule has 0 radical (unpaired) electrons. The Hall–Kier alpha value is -3.17. The zero-order valence-corrected chi connectivity index (χ0v) is 16.4. The predicted molar refractivity (Wildman–Crippen MR) is 104 cm³/mol. The number of nitrogens with one attached hydrogen (secondary N) is 1. The minimum absolute atomic E-state index is 0.247. The lowest BCUT2D eigenvalue weighted by molar-refractivity contribution is -0.137. The number of hydrogen-bond donors (Lipinski definition) is 1. The van der Waals surface area contributed by atoms with Gasteiger partial charge in [0.15, 0.2) is 0 Å². The van der Waals surface area contributed by atoms with Gasteiger partial charge in [-0.15, -0.1) is 0 Å². The van der Waals surface area contributed by atoms with Crippen molar-refractivity contribution < 1.29 is 31.8 Å². The molecule has 0 atom stereocenters. The molecule has 2 aromatic carbocycles. The molecule has 0 aromatic heterocycles. The van der Waals surface area contributed by atoms with E-state index >= 15 is 0 Å². The molecule has 6 nitrogen and oxygen atoms in total. The first-order valence-electron chi connectivity index (χ1n) is 9.13. The number of hydrogen-bond acceptors (Lipinski definition) is 4. The number of halogens is 4. The molecule has 1 saturated heterocycles. The minimum atomic E-state index is -4.78. The number of para-hydroxylation sites is 1. The van der Waals surface area contributed by atoms with Gasteiger partial charge in [-0.1, -0.05) is 6.07 Å². The molecule has 1 heterocycles. The van der Waals surface area contributed by atoms with E-state index in [0.29, 0.717) is 24.6 Å². The van der Waals surface area contributed by atoms with Gasteiger partial charge in [0.25, 0.3) is 0 Å². The smallest absolute Gasteiger partial charge is 0.418 e. The summed E-state index contributed by atoms with van der Waals surface area (Å²) in [6.45, 7) is 1.35. The molecule has 2 amide bonds. The number of carbonyl (C=O) groups excluding carboxylic acids is 1. The van der Waals surface area contributed by atoms with E-state index in [1.165, 1.54) is 12.0 Å². The molecule has 162 valence electrons. The Bertz CT molecular complexity index is 913. The van der Waals surface area contributed by atoms with Crippen LogP contribution in [0.4, 0.5) is 33.7 Å². The van der Waals surface area contributed by atoms with Crippen LogP contribution in [-0.2, 0) is 6.18 Å². The van der Waals surface area contributed by atoms with Gasteiger partial charge in [-0.3, -0.25) is 0 Å². The maximum absolute atomic E-state index is 14.0. The highest BCUT2D eigenvalue weighted by Crippen LogP contribution is 2.36. The lowest BCUT2D eigenvalue weighted by atomic mass is 10.1. The Morgan fingerprint density at radius 2 is 1.73 bits per heavy atom. The van der Waals surface area contributed by atoms with Gasteiger partial charge in [0.1, 0.15) is 17.3 Å². The summed E-state index contributed by atoms with van der Waals surface area (Å²) in [7, 11) is 3.08. The molecule has 10 heteroatoms. The second-order valence-corrected chi connectivity index (χ2v) is 6.60. The monoisotopic (exact) mass is 427 g/mol. The average Bonchev–Trinajstić information content (AvgIpc) is 2.74. The Morgan fingerprint density at radius 1 is 1.03 bits per heavy atom. The van der Waals surface area contributed by atoms with E-state index in [1.807, 2.05) is 11.0 Å². The SMILES string of the molecule is COc1ccc(N2CCN(C(=O)Nc3c(F)cccc3C(F)(F)F)CC2)c(OC)c1. The molecule has 0 spiro atoms. The fraction of sp³-hybridized carbons (Fsp3) is 0.350. The molecular formula is C20H21F4N3O3. The summed E-state index contributed by atoms with van der Waals surface area (Å²) in [5.41, 5.74) is -1.28. The van der Waals surface area contributed by atoms with Gasteiger partial charge < -0.3 is 24.6 Å². The fourth-order valence-electron chi connectivity index (χ4n) is 3.27. The first-order valence-corrected chi connectivity index (χ1v) is 9.13. The van der Waals surface area contributed by atoms with Gasteiger partial charge in [-0.05, 0) is 24.3 Å². The second kappa shape index (κ2) is 8.68. The molecule has 1 N–H and O–H groups in total. The van der Waals surface area contributed by atoms with Gasteiger partial charge in [-0.2, -0.15) is 13.2 Å². The summed E-state index contributed by atoms with van der Waals surface area (Å²) in [4.78, 5) is 15.8. The van der Waals surface area contributed by atoms with Crippen LogP contribution in [-0.4, -0.2) is 51.3 Å². The lowest BCUT2D eigenvalue weighted by Gasteiger charge is -2.36. The van der Waals surface area contributed by atoms with Crippen LogP contribution in [0, 0.1) is 5.82 Å². The molecule has 2 aromatic rings. The number of anilines is 2. The Morgan fingerprint density at radius 3 is 2.33 bits per heavy atom. The summed E-state index contributed by atoms with van der Waals surface area (Å²) >= 11 is 0. The van der Waals surface area contributed by atoms with Crippen LogP contribution in [0.3, 0.4) is 0 Å². The molecule has 3 rings (SSSR count). The van der Waals surface area contributed by atoms with Crippen LogP contribution in [0.25, 0.3) is 0 Å². The summed E-state index contributed by atoms with van der Waals surface area (Å²) in [6, 6.07) is 7.13. The molecule has 0 aliphatic carbocycles. The summed E-state index contributed by atoms with van der Waals surface area (Å²) < 4.78 is 63.9. The Labute approximate surface area is 171 Å². The van der Waals surface area contributed by atoms with E-state index in [2.05, 4.69) is 5.32 Å². The molecule has 1 aliphatic heterocycles. The number of ether oxygens (including phenoxy) is 2. The number of urea groups is 1. The van der Waals surface area contributed by atoms with Crippen molar-refractivity contribution in [1.29, 1.82) is 0 Å². The molecule has 0 saturated carbocycles. The van der Waals surface area contributed by atoms with E-state index in [0.717, 1.165) is 23.9 Å². The van der Waals surface area contributed by atoms with Crippen molar-refractivity contribution >= 4 is 17.4 Å². The second-order valence-electron chi connectivity index (χ2n) is 6.60. The maximum atomic E-state index is 14.0. The number of piperazine rings is 1. The molecule has 0 bridgehead atoms. The molecule has 0 unspecified atom stereocenters. The van der Waals surface area contributed by atoms with E-state index in [9.17, 15) is 22.4 Å². The first-order chi connectivity index (χ1) is 14.2. The summed E-state index contributed by atoms with van der Waals surface area (Å²) in [5.74, 6) is 0.104. The number of rotatable bonds is 4. The third-order valence-corrected chi connectivity index (χ3v) is 4.85. The van der Waals surface area contributed by atoms with Crippen LogP contribution in [0.1, 0.15) is 5.56 Å². The zero-order valence-electron chi connectivity index (χ0n) is 16.4. The van der Waals surface area contributed by atoms with Gasteiger partial charge in [0.2, 0.25) is 0 Å². The van der Waals surface area contributed by atoms with Gasteiger partial charge in [-0.25, -0.2) is 9.18 Å². The summed E-state index contributed by atoms with van der Waals surface area (Å²) in [5, 5.41) is 2.08. The lowest BCUT2D eigenvalue weighted by Crippen LogP contribution is -2.50. The quantitative estimate of drug-likeness (QED) is 0.743. The highest BCUT2D eigenvalue weighted by Gasteiger charge is 2.36. The normalized spacial score (nSPS) is 14.5. The van der Waals surface area contributed by atoms with Gasteiger partial charge in [0, 0.05) is 32.2 Å². The number of alkyl halides is 3. The third-order valence-electron chi connectivity index (χ3n) is 4.85. The average molecular weight is 427 g/mol. The van der Waals surface area contributed by atoms with Crippen LogP contribution in [0.2, 0.25) is 0 Å². The van der Waals surface area contributed by atoms with Crippen LogP contribution < -0.4 is 19.7 Å². The largest absolute Gasteiger partial charge is 0.497 e. The molecule has 1 fully saturated rings. The topological polar surface area (TPSA) is 54.0 Å². The van der Waals surface area contributed by atoms with Crippen molar-refractivity contribution in [3.05, 3.63) is 47.8 Å². The van der Waals surface area contributed by atoms with Crippen molar-refractivity contribution in [1.82, 2.24) is 4.90 Å². The van der Waals surface area contributed by atoms with Gasteiger partial charge in [0.05, 0.1) is 31.2 Å². The number of amides is 2. The van der Waals surface area contributed by atoms with Crippen molar-refractivity contribution in [3.8, 4) is 11.5 Å². The number of benzene rings is 2. The van der Waals surface area contributed by atoms with E-state index in [-0.39, 0.29) is 13.1 Å². The van der Waals surface area contributed by atoms with E-state index in [4.69, 9.17) is 9.47 Å². The Balaban J connectivity index is 1.69. The molecular weight excluding hydrogens is 406 g/mol. The predicted octanol–water partition coefficient (Wildman–Crippen LogP) is 4.22. The molecule has 1 aliphatic rings. The van der Waals surface area contributed by atoms with E-state index < -0.39 is 29.3 Å². The fourth-order valence-corrected chi connectivity index (χ4v) is 3.27. The highest BCUT2D eigenvalue weighted by atomic mass is 19.4. The number of nitrogens with zero attached hydrogens (tertiary/aromatic N) is 2. The van der Waals surface area contributed by atoms with Crippen LogP contribution >= 0.6 is 0 Å². The van der Waals surface area contributed by atoms with Crippen LogP contribution in [0.5, 0.6) is 11.5 Å². The highest BCUT2D eigenvalue weighted by molar-refractivity contribution is 5.90. The van der Waals surface area contributed by atoms with E-state index in [1.54, 1.807) is 19.2 Å². The van der Waals surface area contributed by atoms with Crippen molar-refractivity contribution in [2.75, 3.05) is 50.6 Å². The number of methoxy groups -OCH3 is 2. The van der Waals surface area contributed by atoms with Crippen molar-refractivity contribution in [2.24, 2.45) is 0 Å². The maximum Gasteiger partial charge on any atom is 0.418 e. The number of carbonyl (C=O) groups is 1. The third kappa shape index (κ3) is 4.52. The van der Waals surface area contributed by atoms with Crippen molar-refractivity contribution in [2.45, 2.75) is 6.18 Å². The van der Waals surface area contributed by atoms with Crippen molar-refractivity contribution in [3.63, 3.8) is 0 Å². The summed E-state index contributed by atoms with van der Waals surface area (Å²) in [6.07, 6.45) is -4.78.